The standard InChI is InChI=1S/C16H22O4/c1-18-14-9-7-12(8-10-16(17)19-2)11-15(14)20-13-5-3-4-6-13/h7,9,11,13H,3-6,8,10H2,1-2H3. The van der Waals surface area contributed by atoms with Gasteiger partial charge in [-0.25, -0.2) is 0 Å². The Bertz CT molecular complexity index is 450. The number of esters is 1. The van der Waals surface area contributed by atoms with Crippen LogP contribution in [0, 0.1) is 0 Å². The van der Waals surface area contributed by atoms with Gasteiger partial charge in [-0.15, -0.1) is 0 Å². The zero-order valence-electron chi connectivity index (χ0n) is 12.2. The lowest BCUT2D eigenvalue weighted by atomic mass is 10.1. The van der Waals surface area contributed by atoms with Gasteiger partial charge in [-0.2, -0.15) is 0 Å². The summed E-state index contributed by atoms with van der Waals surface area (Å²) in [5.74, 6) is 1.33. The molecule has 1 aliphatic rings. The van der Waals surface area contributed by atoms with Gasteiger partial charge in [-0.3, -0.25) is 4.79 Å². The van der Waals surface area contributed by atoms with Crippen molar-refractivity contribution in [3.63, 3.8) is 0 Å². The summed E-state index contributed by atoms with van der Waals surface area (Å²) in [4.78, 5) is 11.2. The quantitative estimate of drug-likeness (QED) is 0.750. The van der Waals surface area contributed by atoms with E-state index in [0.29, 0.717) is 18.9 Å². The summed E-state index contributed by atoms with van der Waals surface area (Å²) in [5.41, 5.74) is 1.06. The molecule has 0 radical (unpaired) electrons. The van der Waals surface area contributed by atoms with E-state index in [1.807, 2.05) is 18.2 Å². The molecule has 0 N–H and O–H groups in total. The van der Waals surface area contributed by atoms with E-state index in [2.05, 4.69) is 4.74 Å². The zero-order valence-corrected chi connectivity index (χ0v) is 12.2. The SMILES string of the molecule is COC(=O)CCc1ccc(OC)c(OC2CCCC2)c1. The summed E-state index contributed by atoms with van der Waals surface area (Å²) in [7, 11) is 3.05. The van der Waals surface area contributed by atoms with Crippen molar-refractivity contribution in [3.05, 3.63) is 23.8 Å². The first-order valence-corrected chi connectivity index (χ1v) is 7.13. The van der Waals surface area contributed by atoms with E-state index >= 15 is 0 Å². The fourth-order valence-corrected chi connectivity index (χ4v) is 2.50. The van der Waals surface area contributed by atoms with Crippen LogP contribution in [0.2, 0.25) is 0 Å². The lowest BCUT2D eigenvalue weighted by molar-refractivity contribution is -0.140. The normalized spacial score (nSPS) is 15.1. The number of aryl methyl sites for hydroxylation is 1. The molecular formula is C16H22O4. The minimum Gasteiger partial charge on any atom is -0.493 e. The zero-order chi connectivity index (χ0) is 14.4. The van der Waals surface area contributed by atoms with Gasteiger partial charge in [-0.1, -0.05) is 6.07 Å². The highest BCUT2D eigenvalue weighted by atomic mass is 16.5. The van der Waals surface area contributed by atoms with Crippen molar-refractivity contribution >= 4 is 5.97 Å². The second kappa shape index (κ2) is 7.17. The van der Waals surface area contributed by atoms with Gasteiger partial charge in [0.25, 0.3) is 0 Å². The number of hydrogen-bond donors (Lipinski definition) is 0. The van der Waals surface area contributed by atoms with Crippen LogP contribution in [0.1, 0.15) is 37.7 Å². The molecule has 0 heterocycles. The Morgan fingerprint density at radius 1 is 1.20 bits per heavy atom. The van der Waals surface area contributed by atoms with E-state index in [4.69, 9.17) is 9.47 Å². The number of ether oxygens (including phenoxy) is 3. The van der Waals surface area contributed by atoms with Crippen LogP contribution in [0.3, 0.4) is 0 Å². The van der Waals surface area contributed by atoms with Gasteiger partial charge in [0.1, 0.15) is 0 Å². The number of hydrogen-bond acceptors (Lipinski definition) is 4. The average molecular weight is 278 g/mol. The van der Waals surface area contributed by atoms with Crippen LogP contribution in [-0.4, -0.2) is 26.3 Å². The molecule has 20 heavy (non-hydrogen) atoms. The first-order valence-electron chi connectivity index (χ1n) is 7.13. The molecule has 0 unspecified atom stereocenters. The number of rotatable bonds is 6. The lowest BCUT2D eigenvalue weighted by Crippen LogP contribution is -2.12. The molecule has 110 valence electrons. The monoisotopic (exact) mass is 278 g/mol. The molecule has 4 heteroatoms. The molecule has 2 rings (SSSR count). The van der Waals surface area contributed by atoms with Gasteiger partial charge in [0.15, 0.2) is 11.5 Å². The molecule has 1 aliphatic carbocycles. The number of carbonyl (C=O) groups excluding carboxylic acids is 1. The Hall–Kier alpha value is -1.71. The first kappa shape index (κ1) is 14.7. The largest absolute Gasteiger partial charge is 0.493 e. The summed E-state index contributed by atoms with van der Waals surface area (Å²) in [6.45, 7) is 0. The van der Waals surface area contributed by atoms with Gasteiger partial charge >= 0.3 is 5.97 Å². The van der Waals surface area contributed by atoms with E-state index in [0.717, 1.165) is 29.9 Å². The molecule has 0 saturated heterocycles. The van der Waals surface area contributed by atoms with Gasteiger partial charge in [-0.05, 0) is 49.8 Å². The molecule has 0 aliphatic heterocycles. The van der Waals surface area contributed by atoms with Crippen LogP contribution >= 0.6 is 0 Å². The molecule has 1 saturated carbocycles. The van der Waals surface area contributed by atoms with Crippen molar-refractivity contribution in [2.45, 2.75) is 44.6 Å². The molecule has 1 fully saturated rings. The summed E-state index contributed by atoms with van der Waals surface area (Å²) < 4.78 is 16.0. The summed E-state index contributed by atoms with van der Waals surface area (Å²) in [6.07, 6.45) is 6.00. The molecule has 0 amide bonds. The molecule has 0 bridgehead atoms. The molecule has 1 aromatic carbocycles. The van der Waals surface area contributed by atoms with Crippen LogP contribution < -0.4 is 9.47 Å². The Labute approximate surface area is 120 Å². The van der Waals surface area contributed by atoms with Crippen molar-refractivity contribution in [3.8, 4) is 11.5 Å². The van der Waals surface area contributed by atoms with Crippen LogP contribution in [0.25, 0.3) is 0 Å². The average Bonchev–Trinajstić information content (AvgIpc) is 2.98. The van der Waals surface area contributed by atoms with Crippen molar-refractivity contribution < 1.29 is 19.0 Å². The second-order valence-electron chi connectivity index (χ2n) is 5.09. The highest BCUT2D eigenvalue weighted by Crippen LogP contribution is 2.32. The van der Waals surface area contributed by atoms with Crippen molar-refractivity contribution in [2.75, 3.05) is 14.2 Å². The molecular weight excluding hydrogens is 256 g/mol. The highest BCUT2D eigenvalue weighted by Gasteiger charge is 2.18. The topological polar surface area (TPSA) is 44.8 Å². The van der Waals surface area contributed by atoms with E-state index in [9.17, 15) is 4.79 Å². The van der Waals surface area contributed by atoms with Gasteiger partial charge in [0, 0.05) is 6.42 Å². The maximum atomic E-state index is 11.2. The third-order valence-electron chi connectivity index (χ3n) is 3.67. The Morgan fingerprint density at radius 3 is 2.60 bits per heavy atom. The van der Waals surface area contributed by atoms with E-state index < -0.39 is 0 Å². The number of methoxy groups -OCH3 is 2. The third kappa shape index (κ3) is 3.89. The molecule has 0 aromatic heterocycles. The highest BCUT2D eigenvalue weighted by molar-refractivity contribution is 5.69. The Morgan fingerprint density at radius 2 is 1.95 bits per heavy atom. The minimum absolute atomic E-state index is 0.195. The smallest absolute Gasteiger partial charge is 0.305 e. The van der Waals surface area contributed by atoms with Crippen molar-refractivity contribution in [2.24, 2.45) is 0 Å². The van der Waals surface area contributed by atoms with Crippen molar-refractivity contribution in [1.82, 2.24) is 0 Å². The van der Waals surface area contributed by atoms with Crippen LogP contribution in [0.15, 0.2) is 18.2 Å². The van der Waals surface area contributed by atoms with Crippen LogP contribution in [0.5, 0.6) is 11.5 Å². The maximum absolute atomic E-state index is 11.2. The minimum atomic E-state index is -0.195. The molecule has 0 spiro atoms. The predicted octanol–water partition coefficient (Wildman–Crippen LogP) is 3.12. The molecule has 4 nitrogen and oxygen atoms in total. The summed E-state index contributed by atoms with van der Waals surface area (Å²) >= 11 is 0. The predicted molar refractivity (Wildman–Crippen MR) is 76.2 cm³/mol. The van der Waals surface area contributed by atoms with E-state index in [-0.39, 0.29) is 5.97 Å². The third-order valence-corrected chi connectivity index (χ3v) is 3.67. The van der Waals surface area contributed by atoms with Crippen LogP contribution in [0.4, 0.5) is 0 Å². The summed E-state index contributed by atoms with van der Waals surface area (Å²) in [6, 6.07) is 5.83. The first-order chi connectivity index (χ1) is 9.72. The van der Waals surface area contributed by atoms with Gasteiger partial charge in [0.05, 0.1) is 20.3 Å². The fraction of sp³-hybridized carbons (Fsp3) is 0.562. The van der Waals surface area contributed by atoms with E-state index in [1.165, 1.54) is 20.0 Å². The lowest BCUT2D eigenvalue weighted by Gasteiger charge is -2.16. The summed E-state index contributed by atoms with van der Waals surface area (Å²) in [5, 5.41) is 0. The van der Waals surface area contributed by atoms with E-state index in [1.54, 1.807) is 7.11 Å². The number of carbonyl (C=O) groups is 1. The molecule has 1 aromatic rings. The number of benzene rings is 1. The molecule has 0 atom stereocenters. The Kier molecular flexibility index (Phi) is 5.27. The fourth-order valence-electron chi connectivity index (χ4n) is 2.50. The maximum Gasteiger partial charge on any atom is 0.305 e. The second-order valence-corrected chi connectivity index (χ2v) is 5.09. The van der Waals surface area contributed by atoms with Crippen molar-refractivity contribution in [1.29, 1.82) is 0 Å². The van der Waals surface area contributed by atoms with Gasteiger partial charge in [0.2, 0.25) is 0 Å². The van der Waals surface area contributed by atoms with Gasteiger partial charge < -0.3 is 14.2 Å². The Balaban J connectivity index is 2.05. The van der Waals surface area contributed by atoms with Crippen LogP contribution in [-0.2, 0) is 16.0 Å².